The van der Waals surface area contributed by atoms with Gasteiger partial charge in [-0.15, -0.1) is 0 Å². The van der Waals surface area contributed by atoms with Crippen LogP contribution >= 0.6 is 0 Å². The molecule has 10 nitrogen and oxygen atoms in total. The summed E-state index contributed by atoms with van der Waals surface area (Å²) in [5.41, 5.74) is 2.68. The number of pyridine rings is 1. The summed E-state index contributed by atoms with van der Waals surface area (Å²) in [4.78, 5) is 17.7. The topological polar surface area (TPSA) is 133 Å². The van der Waals surface area contributed by atoms with E-state index in [2.05, 4.69) is 31.9 Å². The van der Waals surface area contributed by atoms with Gasteiger partial charge in [-0.1, -0.05) is 0 Å². The first-order valence-electron chi connectivity index (χ1n) is 14.1. The number of aromatic nitrogens is 5. The van der Waals surface area contributed by atoms with E-state index >= 15 is 0 Å². The molecule has 1 fully saturated rings. The molecule has 13 heteroatoms. The molecule has 4 heterocycles. The second kappa shape index (κ2) is 12.0. The lowest BCUT2D eigenvalue weighted by molar-refractivity contribution is -0.00178. The molecule has 43 heavy (non-hydrogen) atoms. The predicted octanol–water partition coefficient (Wildman–Crippen LogP) is 5.15. The van der Waals surface area contributed by atoms with Crippen LogP contribution in [0.3, 0.4) is 0 Å². The Hall–Kier alpha value is -4.44. The number of carbonyl (C=O) groups excluding carboxylic acids is 1. The number of anilines is 1. The molecule has 0 unspecified atom stereocenters. The number of aliphatic hydroxyl groups is 1. The van der Waals surface area contributed by atoms with Crippen LogP contribution in [0, 0.1) is 18.3 Å². The second-order valence-electron chi connectivity index (χ2n) is 11.5. The molecule has 0 bridgehead atoms. The smallest absolute Gasteiger partial charge is 0.333 e. The van der Waals surface area contributed by atoms with E-state index in [1.54, 1.807) is 23.6 Å². The molecule has 1 amide bonds. The summed E-state index contributed by atoms with van der Waals surface area (Å²) in [5.74, 6) is -0.449. The van der Waals surface area contributed by atoms with Crippen LogP contribution in [0.2, 0.25) is 0 Å². The molecule has 5 rings (SSSR count). The Morgan fingerprint density at radius 2 is 1.88 bits per heavy atom. The summed E-state index contributed by atoms with van der Waals surface area (Å²) >= 11 is 0. The fourth-order valence-electron chi connectivity index (χ4n) is 5.48. The molecule has 0 radical (unpaired) electrons. The number of alkyl halides is 3. The number of hydrogen-bond acceptors (Lipinski definition) is 7. The Kier molecular flexibility index (Phi) is 8.41. The lowest BCUT2D eigenvalue weighted by Gasteiger charge is -2.30. The molecule has 3 N–H and O–H groups in total. The van der Waals surface area contributed by atoms with Gasteiger partial charge in [-0.05, 0) is 82.2 Å². The third-order valence-corrected chi connectivity index (χ3v) is 8.04. The van der Waals surface area contributed by atoms with E-state index in [1.165, 1.54) is 32.4 Å². The number of halogens is 3. The predicted molar refractivity (Wildman–Crippen MR) is 154 cm³/mol. The van der Waals surface area contributed by atoms with Gasteiger partial charge in [0.05, 0.1) is 58.3 Å². The molecule has 4 aromatic rings. The number of nitriles is 1. The van der Waals surface area contributed by atoms with Crippen LogP contribution in [-0.2, 0) is 0 Å². The van der Waals surface area contributed by atoms with Gasteiger partial charge in [0, 0.05) is 17.9 Å². The number of carbonyl (C=O) groups is 1. The van der Waals surface area contributed by atoms with Gasteiger partial charge in [-0.3, -0.25) is 9.78 Å². The Morgan fingerprint density at radius 1 is 1.14 bits per heavy atom. The zero-order chi connectivity index (χ0) is 30.9. The molecule has 1 atom stereocenters. The van der Waals surface area contributed by atoms with Gasteiger partial charge < -0.3 is 15.7 Å². The summed E-state index contributed by atoms with van der Waals surface area (Å²) in [7, 11) is 0. The Labute approximate surface area is 246 Å². The first-order chi connectivity index (χ1) is 20.5. The van der Waals surface area contributed by atoms with Crippen molar-refractivity contribution in [1.82, 2.24) is 29.7 Å². The average Bonchev–Trinajstić information content (AvgIpc) is 3.58. The number of hydrogen-bond donors (Lipinski definition) is 3. The largest absolute Gasteiger partial charge is 0.387 e. The van der Waals surface area contributed by atoms with Gasteiger partial charge in [0.1, 0.15) is 12.2 Å². The maximum atomic E-state index is 14.4. The van der Waals surface area contributed by atoms with Crippen molar-refractivity contribution in [3.05, 3.63) is 65.2 Å². The van der Waals surface area contributed by atoms with Crippen molar-refractivity contribution in [3.8, 4) is 17.5 Å². The van der Waals surface area contributed by atoms with Crippen LogP contribution in [0.15, 0.2) is 42.9 Å². The quantitative estimate of drug-likeness (QED) is 0.244. The maximum Gasteiger partial charge on any atom is 0.333 e. The standard InChI is InChI=1S/C30H33F3N8O2/c1-17-22(15-38-40(17)29(32)33)19-4-6-20(7-5-19)39-24-11-25(26-9-8-21-10-18(12-34)13-37-41(21)26)35-14-23(24)28(42)36-16-27(31)30(2,3)43/h8-11,13-15,19-20,27,29,43H,4-7,16H2,1-3H3,(H,35,39)(H,36,42)/t19?,20?,27-/m1/s1. The van der Waals surface area contributed by atoms with Crippen molar-refractivity contribution in [2.45, 2.75) is 76.7 Å². The van der Waals surface area contributed by atoms with Crippen molar-refractivity contribution in [1.29, 1.82) is 5.26 Å². The first-order valence-corrected chi connectivity index (χ1v) is 14.1. The molecule has 0 aromatic carbocycles. The monoisotopic (exact) mass is 594 g/mol. The van der Waals surface area contributed by atoms with Gasteiger partial charge in [0.25, 0.3) is 5.91 Å². The molecular weight excluding hydrogens is 561 g/mol. The van der Waals surface area contributed by atoms with Crippen molar-refractivity contribution in [2.75, 3.05) is 11.9 Å². The lowest BCUT2D eigenvalue weighted by Crippen LogP contribution is -2.42. The van der Waals surface area contributed by atoms with Crippen molar-refractivity contribution < 1.29 is 23.1 Å². The number of amides is 1. The third-order valence-electron chi connectivity index (χ3n) is 8.04. The van der Waals surface area contributed by atoms with Crippen LogP contribution in [0.1, 0.15) is 79.2 Å². The molecule has 1 aliphatic rings. The van der Waals surface area contributed by atoms with Crippen molar-refractivity contribution in [3.63, 3.8) is 0 Å². The maximum absolute atomic E-state index is 14.4. The average molecular weight is 595 g/mol. The highest BCUT2D eigenvalue weighted by molar-refractivity contribution is 6.00. The van der Waals surface area contributed by atoms with E-state index in [4.69, 9.17) is 0 Å². The van der Waals surface area contributed by atoms with E-state index in [1.807, 2.05) is 12.1 Å². The minimum atomic E-state index is -2.69. The Balaban J connectivity index is 1.39. The van der Waals surface area contributed by atoms with Gasteiger partial charge in [0.2, 0.25) is 0 Å². The molecule has 4 aromatic heterocycles. The zero-order valence-corrected chi connectivity index (χ0v) is 24.1. The van der Waals surface area contributed by atoms with Crippen LogP contribution in [0.25, 0.3) is 16.9 Å². The fourth-order valence-corrected chi connectivity index (χ4v) is 5.48. The highest BCUT2D eigenvalue weighted by Crippen LogP contribution is 2.37. The van der Waals surface area contributed by atoms with E-state index < -0.39 is 24.2 Å². The SMILES string of the molecule is Cc1c(C2CCC(Nc3cc(-c4ccc5cc(C#N)cnn45)ncc3C(=O)NC[C@@H](F)C(C)(C)O)CC2)cnn1C(F)F. The zero-order valence-electron chi connectivity index (χ0n) is 24.1. The Morgan fingerprint density at radius 3 is 2.53 bits per heavy atom. The number of nitrogens with one attached hydrogen (secondary N) is 2. The Bertz CT molecular complexity index is 1660. The van der Waals surface area contributed by atoms with E-state index in [-0.39, 0.29) is 24.1 Å². The summed E-state index contributed by atoms with van der Waals surface area (Å²) in [5, 5.41) is 33.4. The van der Waals surface area contributed by atoms with E-state index in [0.717, 1.165) is 35.9 Å². The van der Waals surface area contributed by atoms with Crippen molar-refractivity contribution in [2.24, 2.45) is 0 Å². The normalized spacial score (nSPS) is 18.0. The minimum Gasteiger partial charge on any atom is -0.387 e. The number of nitrogens with zero attached hydrogens (tertiary/aromatic N) is 6. The van der Waals surface area contributed by atoms with Gasteiger partial charge in [0.15, 0.2) is 0 Å². The van der Waals surface area contributed by atoms with Gasteiger partial charge in [-0.25, -0.2) is 13.6 Å². The highest BCUT2D eigenvalue weighted by Gasteiger charge is 2.29. The van der Waals surface area contributed by atoms with E-state index in [0.29, 0.717) is 33.8 Å². The molecule has 1 aliphatic carbocycles. The van der Waals surface area contributed by atoms with Gasteiger partial charge >= 0.3 is 6.55 Å². The second-order valence-corrected chi connectivity index (χ2v) is 11.5. The summed E-state index contributed by atoms with van der Waals surface area (Å²) in [6.45, 7) is 1.26. The highest BCUT2D eigenvalue weighted by atomic mass is 19.3. The molecule has 226 valence electrons. The van der Waals surface area contributed by atoms with Crippen molar-refractivity contribution >= 4 is 17.1 Å². The van der Waals surface area contributed by atoms with Crippen LogP contribution in [-0.4, -0.2) is 59.8 Å². The van der Waals surface area contributed by atoms with Crippen LogP contribution in [0.5, 0.6) is 0 Å². The molecule has 1 saturated carbocycles. The van der Waals surface area contributed by atoms with Crippen LogP contribution < -0.4 is 10.6 Å². The summed E-state index contributed by atoms with van der Waals surface area (Å²) in [6.07, 6.45) is 5.66. The summed E-state index contributed by atoms with van der Waals surface area (Å²) < 4.78 is 43.2. The van der Waals surface area contributed by atoms with Crippen LogP contribution in [0.4, 0.5) is 18.9 Å². The summed E-state index contributed by atoms with van der Waals surface area (Å²) in [6, 6.07) is 9.13. The molecule has 0 aliphatic heterocycles. The lowest BCUT2D eigenvalue weighted by atomic mass is 9.82. The molecule has 0 spiro atoms. The molecular formula is C30H33F3N8O2. The number of rotatable bonds is 9. The molecule has 0 saturated heterocycles. The first kappa shape index (κ1) is 30.0. The number of fused-ring (bicyclic) bond motifs is 1. The van der Waals surface area contributed by atoms with E-state index in [9.17, 15) is 28.3 Å². The third kappa shape index (κ3) is 6.34. The minimum absolute atomic E-state index is 0.0193. The van der Waals surface area contributed by atoms with Gasteiger partial charge in [-0.2, -0.15) is 24.2 Å². The fraction of sp³-hybridized carbons (Fsp3) is 0.433.